The van der Waals surface area contributed by atoms with Crippen molar-refractivity contribution in [2.24, 2.45) is 5.92 Å². The average molecular weight is 292 g/mol. The highest BCUT2D eigenvalue weighted by Gasteiger charge is 2.15. The fraction of sp³-hybridized carbons (Fsp3) is 0.562. The van der Waals surface area contributed by atoms with Gasteiger partial charge in [0.25, 0.3) is 0 Å². The second-order valence-electron chi connectivity index (χ2n) is 5.36. The van der Waals surface area contributed by atoms with Gasteiger partial charge in [-0.1, -0.05) is 0 Å². The lowest BCUT2D eigenvalue weighted by Crippen LogP contribution is -2.15. The van der Waals surface area contributed by atoms with E-state index in [4.69, 9.17) is 4.74 Å². The van der Waals surface area contributed by atoms with Crippen LogP contribution in [0.1, 0.15) is 31.7 Å². The highest BCUT2D eigenvalue weighted by atomic mass is 16.5. The number of hydrogen-bond donors (Lipinski definition) is 3. The summed E-state index contributed by atoms with van der Waals surface area (Å²) >= 11 is 0. The molecule has 1 unspecified atom stereocenters. The normalized spacial score (nSPS) is 17.7. The zero-order chi connectivity index (χ0) is 15.1. The van der Waals surface area contributed by atoms with Crippen molar-refractivity contribution >= 4 is 11.6 Å². The molecule has 1 amide bonds. The summed E-state index contributed by atoms with van der Waals surface area (Å²) in [5.74, 6) is 1.30. The highest BCUT2D eigenvalue weighted by molar-refractivity contribution is 5.90. The van der Waals surface area contributed by atoms with Crippen LogP contribution >= 0.6 is 0 Å². The van der Waals surface area contributed by atoms with E-state index in [1.165, 1.54) is 0 Å². The van der Waals surface area contributed by atoms with Crippen LogP contribution in [0.2, 0.25) is 0 Å². The van der Waals surface area contributed by atoms with E-state index in [0.29, 0.717) is 35.9 Å². The van der Waals surface area contributed by atoms with Crippen molar-refractivity contribution in [3.8, 4) is 5.75 Å². The SMILES string of the molecule is CCOc1ccc(NC(=O)CCC2CCNC2)cc1CO. The largest absolute Gasteiger partial charge is 0.494 e. The van der Waals surface area contributed by atoms with Crippen molar-refractivity contribution in [1.29, 1.82) is 0 Å². The van der Waals surface area contributed by atoms with E-state index in [9.17, 15) is 9.90 Å². The molecule has 0 aromatic heterocycles. The molecule has 116 valence electrons. The maximum absolute atomic E-state index is 12.0. The van der Waals surface area contributed by atoms with Gasteiger partial charge in [-0.3, -0.25) is 4.79 Å². The molecule has 0 radical (unpaired) electrons. The van der Waals surface area contributed by atoms with Crippen molar-refractivity contribution in [3.63, 3.8) is 0 Å². The number of aliphatic hydroxyl groups excluding tert-OH is 1. The molecule has 1 saturated heterocycles. The summed E-state index contributed by atoms with van der Waals surface area (Å²) in [6, 6.07) is 5.35. The first kappa shape index (κ1) is 15.8. The molecule has 1 aromatic rings. The molecule has 1 aliphatic rings. The number of nitrogens with one attached hydrogen (secondary N) is 2. The Kier molecular flexibility index (Phi) is 6.02. The predicted molar refractivity (Wildman–Crippen MR) is 82.4 cm³/mol. The molecule has 1 heterocycles. The van der Waals surface area contributed by atoms with Crippen LogP contribution in [0.3, 0.4) is 0 Å². The average Bonchev–Trinajstić information content (AvgIpc) is 3.00. The molecule has 0 bridgehead atoms. The van der Waals surface area contributed by atoms with Gasteiger partial charge in [0.15, 0.2) is 0 Å². The fourth-order valence-corrected chi connectivity index (χ4v) is 2.60. The smallest absolute Gasteiger partial charge is 0.224 e. The summed E-state index contributed by atoms with van der Waals surface area (Å²) in [5, 5.41) is 15.5. The second-order valence-corrected chi connectivity index (χ2v) is 5.36. The van der Waals surface area contributed by atoms with E-state index in [0.717, 1.165) is 25.9 Å². The molecule has 1 atom stereocenters. The third-order valence-electron chi connectivity index (χ3n) is 3.76. The Morgan fingerprint density at radius 2 is 2.38 bits per heavy atom. The maximum Gasteiger partial charge on any atom is 0.224 e. The van der Waals surface area contributed by atoms with Crippen LogP contribution in [0.4, 0.5) is 5.69 Å². The zero-order valence-electron chi connectivity index (χ0n) is 12.5. The topological polar surface area (TPSA) is 70.6 Å². The van der Waals surface area contributed by atoms with Crippen LogP contribution in [-0.4, -0.2) is 30.7 Å². The van der Waals surface area contributed by atoms with Gasteiger partial charge in [-0.15, -0.1) is 0 Å². The van der Waals surface area contributed by atoms with Crippen LogP contribution in [-0.2, 0) is 11.4 Å². The van der Waals surface area contributed by atoms with E-state index in [1.54, 1.807) is 18.2 Å². The second kappa shape index (κ2) is 8.00. The number of anilines is 1. The van der Waals surface area contributed by atoms with Gasteiger partial charge in [-0.25, -0.2) is 0 Å². The van der Waals surface area contributed by atoms with Crippen molar-refractivity contribution < 1.29 is 14.6 Å². The van der Waals surface area contributed by atoms with Crippen LogP contribution in [0.25, 0.3) is 0 Å². The lowest BCUT2D eigenvalue weighted by Gasteiger charge is -2.12. The Hall–Kier alpha value is -1.59. The molecule has 0 aliphatic carbocycles. The Balaban J connectivity index is 1.87. The summed E-state index contributed by atoms with van der Waals surface area (Å²) in [6.45, 7) is 4.42. The minimum Gasteiger partial charge on any atom is -0.494 e. The van der Waals surface area contributed by atoms with Gasteiger partial charge < -0.3 is 20.5 Å². The third kappa shape index (κ3) is 4.72. The molecule has 1 aliphatic heterocycles. The molecular weight excluding hydrogens is 268 g/mol. The molecule has 1 aromatic carbocycles. The quantitative estimate of drug-likeness (QED) is 0.718. The summed E-state index contributed by atoms with van der Waals surface area (Å²) in [7, 11) is 0. The number of aliphatic hydroxyl groups is 1. The van der Waals surface area contributed by atoms with Gasteiger partial charge in [0.1, 0.15) is 5.75 Å². The van der Waals surface area contributed by atoms with Gasteiger partial charge >= 0.3 is 0 Å². The van der Waals surface area contributed by atoms with E-state index in [1.807, 2.05) is 6.92 Å². The van der Waals surface area contributed by atoms with Crippen LogP contribution in [0.5, 0.6) is 5.75 Å². The Bertz CT molecular complexity index is 471. The van der Waals surface area contributed by atoms with Crippen molar-refractivity contribution in [2.75, 3.05) is 25.0 Å². The van der Waals surface area contributed by atoms with E-state index in [2.05, 4.69) is 10.6 Å². The number of rotatable bonds is 7. The molecule has 21 heavy (non-hydrogen) atoms. The van der Waals surface area contributed by atoms with Crippen LogP contribution in [0.15, 0.2) is 18.2 Å². The molecular formula is C16H24N2O3. The van der Waals surface area contributed by atoms with Crippen molar-refractivity contribution in [1.82, 2.24) is 5.32 Å². The number of amides is 1. The number of hydrogen-bond acceptors (Lipinski definition) is 4. The summed E-state index contributed by atoms with van der Waals surface area (Å²) < 4.78 is 5.42. The number of carbonyl (C=O) groups excluding carboxylic acids is 1. The Morgan fingerprint density at radius 1 is 1.52 bits per heavy atom. The summed E-state index contributed by atoms with van der Waals surface area (Å²) in [5.41, 5.74) is 1.40. The monoisotopic (exact) mass is 292 g/mol. The van der Waals surface area contributed by atoms with Gasteiger partial charge in [-0.05, 0) is 57.0 Å². The molecule has 5 heteroatoms. The molecule has 0 saturated carbocycles. The van der Waals surface area contributed by atoms with Gasteiger partial charge in [-0.2, -0.15) is 0 Å². The van der Waals surface area contributed by atoms with E-state index in [-0.39, 0.29) is 12.5 Å². The maximum atomic E-state index is 12.0. The first-order chi connectivity index (χ1) is 10.2. The fourth-order valence-electron chi connectivity index (χ4n) is 2.60. The predicted octanol–water partition coefficient (Wildman–Crippen LogP) is 1.91. The first-order valence-electron chi connectivity index (χ1n) is 7.60. The Labute approximate surface area is 125 Å². The first-order valence-corrected chi connectivity index (χ1v) is 7.60. The third-order valence-corrected chi connectivity index (χ3v) is 3.76. The van der Waals surface area contributed by atoms with Crippen LogP contribution < -0.4 is 15.4 Å². The van der Waals surface area contributed by atoms with Crippen molar-refractivity contribution in [2.45, 2.75) is 32.8 Å². The summed E-state index contributed by atoms with van der Waals surface area (Å²) in [4.78, 5) is 12.0. The molecule has 0 spiro atoms. The lowest BCUT2D eigenvalue weighted by molar-refractivity contribution is -0.116. The summed E-state index contributed by atoms with van der Waals surface area (Å²) in [6.07, 6.45) is 2.61. The minimum atomic E-state index is -0.104. The molecule has 3 N–H and O–H groups in total. The van der Waals surface area contributed by atoms with Crippen LogP contribution in [0, 0.1) is 5.92 Å². The van der Waals surface area contributed by atoms with Gasteiger partial charge in [0.2, 0.25) is 5.91 Å². The highest BCUT2D eigenvalue weighted by Crippen LogP contribution is 2.23. The zero-order valence-corrected chi connectivity index (χ0v) is 12.5. The van der Waals surface area contributed by atoms with Gasteiger partial charge in [0, 0.05) is 17.7 Å². The molecule has 1 fully saturated rings. The molecule has 2 rings (SSSR count). The number of carbonyl (C=O) groups is 1. The van der Waals surface area contributed by atoms with E-state index >= 15 is 0 Å². The molecule has 5 nitrogen and oxygen atoms in total. The minimum absolute atomic E-state index is 0.0231. The van der Waals surface area contributed by atoms with Crippen molar-refractivity contribution in [3.05, 3.63) is 23.8 Å². The Morgan fingerprint density at radius 3 is 3.05 bits per heavy atom. The number of benzene rings is 1. The lowest BCUT2D eigenvalue weighted by atomic mass is 10.0. The van der Waals surface area contributed by atoms with Gasteiger partial charge in [0.05, 0.1) is 13.2 Å². The standard InChI is InChI=1S/C16H24N2O3/c1-2-21-15-5-4-14(9-13(15)11-19)18-16(20)6-3-12-7-8-17-10-12/h4-5,9,12,17,19H,2-3,6-8,10-11H2,1H3,(H,18,20). The number of ether oxygens (including phenoxy) is 1. The van der Waals surface area contributed by atoms with E-state index < -0.39 is 0 Å².